The fraction of sp³-hybridized carbons (Fsp3) is 0.154. The molecule has 0 saturated carbocycles. The molecule has 1 heterocycles. The van der Waals surface area contributed by atoms with Crippen molar-refractivity contribution in [2.24, 2.45) is 5.84 Å². The molecule has 106 valence electrons. The lowest BCUT2D eigenvalue weighted by Gasteiger charge is -2.14. The van der Waals surface area contributed by atoms with Crippen LogP contribution in [0.4, 0.5) is 11.5 Å². The first-order valence-electron chi connectivity index (χ1n) is 5.96. The molecule has 0 saturated heterocycles. The van der Waals surface area contributed by atoms with E-state index in [0.717, 1.165) is 11.1 Å². The van der Waals surface area contributed by atoms with Gasteiger partial charge in [-0.25, -0.2) is 19.2 Å². The molecular formula is C13H16N4O2S. The van der Waals surface area contributed by atoms with E-state index < -0.39 is 10.0 Å². The third kappa shape index (κ3) is 2.73. The zero-order valence-electron chi connectivity index (χ0n) is 11.2. The van der Waals surface area contributed by atoms with Gasteiger partial charge in [-0.05, 0) is 37.1 Å². The molecule has 6 nitrogen and oxygen atoms in total. The third-order valence-corrected chi connectivity index (χ3v) is 4.30. The summed E-state index contributed by atoms with van der Waals surface area (Å²) in [6.45, 7) is 3.69. The Hall–Kier alpha value is -2.12. The molecule has 2 rings (SSSR count). The largest absolute Gasteiger partial charge is 0.307 e. The van der Waals surface area contributed by atoms with Gasteiger partial charge in [-0.3, -0.25) is 4.72 Å². The average Bonchev–Trinajstić information content (AvgIpc) is 2.43. The van der Waals surface area contributed by atoms with Gasteiger partial charge in [-0.1, -0.05) is 18.2 Å². The summed E-state index contributed by atoms with van der Waals surface area (Å²) >= 11 is 0. The number of para-hydroxylation sites is 1. The predicted molar refractivity (Wildman–Crippen MR) is 78.8 cm³/mol. The number of aryl methyl sites for hydroxylation is 2. The first-order chi connectivity index (χ1) is 9.45. The van der Waals surface area contributed by atoms with E-state index in [9.17, 15) is 8.42 Å². The van der Waals surface area contributed by atoms with Crippen LogP contribution in [-0.4, -0.2) is 13.4 Å². The van der Waals surface area contributed by atoms with Gasteiger partial charge in [-0.15, -0.1) is 0 Å². The lowest BCUT2D eigenvalue weighted by atomic mass is 10.1. The van der Waals surface area contributed by atoms with Gasteiger partial charge in [0.2, 0.25) is 0 Å². The molecule has 4 N–H and O–H groups in total. The Morgan fingerprint density at radius 2 is 1.75 bits per heavy atom. The van der Waals surface area contributed by atoms with E-state index in [-0.39, 0.29) is 10.7 Å². The van der Waals surface area contributed by atoms with Crippen molar-refractivity contribution < 1.29 is 8.42 Å². The summed E-state index contributed by atoms with van der Waals surface area (Å²) < 4.78 is 27.5. The lowest BCUT2D eigenvalue weighted by Crippen LogP contribution is -2.19. The van der Waals surface area contributed by atoms with Crippen molar-refractivity contribution in [2.45, 2.75) is 18.7 Å². The molecule has 7 heteroatoms. The molecule has 0 unspecified atom stereocenters. The van der Waals surface area contributed by atoms with Crippen molar-refractivity contribution in [1.82, 2.24) is 4.98 Å². The van der Waals surface area contributed by atoms with Crippen LogP contribution in [0, 0.1) is 13.8 Å². The van der Waals surface area contributed by atoms with Gasteiger partial charge in [0.15, 0.2) is 5.82 Å². The second-order valence-electron chi connectivity index (χ2n) is 4.37. The van der Waals surface area contributed by atoms with E-state index in [1.807, 2.05) is 32.0 Å². The fourth-order valence-electron chi connectivity index (χ4n) is 1.88. The van der Waals surface area contributed by atoms with Crippen molar-refractivity contribution in [3.8, 4) is 0 Å². The van der Waals surface area contributed by atoms with E-state index in [1.54, 1.807) is 6.07 Å². The fourth-order valence-corrected chi connectivity index (χ4v) is 3.21. The molecule has 20 heavy (non-hydrogen) atoms. The number of hydrazine groups is 1. The van der Waals surface area contributed by atoms with Crippen LogP contribution in [0.5, 0.6) is 0 Å². The standard InChI is InChI=1S/C13H16N4O2S/c1-9-5-3-6-10(2)12(9)17-20(18,19)11-7-4-8-15-13(11)16-14/h3-8,17H,14H2,1-2H3,(H,15,16). The van der Waals surface area contributed by atoms with E-state index in [0.29, 0.717) is 5.69 Å². The summed E-state index contributed by atoms with van der Waals surface area (Å²) in [6, 6.07) is 8.55. The second kappa shape index (κ2) is 5.48. The number of pyridine rings is 1. The number of nitrogens with two attached hydrogens (primary N) is 1. The number of nitrogens with one attached hydrogen (secondary N) is 2. The van der Waals surface area contributed by atoms with E-state index >= 15 is 0 Å². The van der Waals surface area contributed by atoms with Crippen molar-refractivity contribution in [3.05, 3.63) is 47.7 Å². The SMILES string of the molecule is Cc1cccc(C)c1NS(=O)(=O)c1cccnc1NN. The zero-order valence-corrected chi connectivity index (χ0v) is 12.0. The minimum atomic E-state index is -3.76. The molecule has 2 aromatic rings. The number of sulfonamides is 1. The highest BCUT2D eigenvalue weighted by Gasteiger charge is 2.20. The predicted octanol–water partition coefficient (Wildman–Crippen LogP) is 1.78. The van der Waals surface area contributed by atoms with Gasteiger partial charge in [0.05, 0.1) is 5.69 Å². The Kier molecular flexibility index (Phi) is 3.91. The van der Waals surface area contributed by atoms with Gasteiger partial charge in [-0.2, -0.15) is 0 Å². The Balaban J connectivity index is 2.47. The second-order valence-corrected chi connectivity index (χ2v) is 6.02. The van der Waals surface area contributed by atoms with Crippen LogP contribution in [0.2, 0.25) is 0 Å². The van der Waals surface area contributed by atoms with Crippen LogP contribution in [0.1, 0.15) is 11.1 Å². The summed E-state index contributed by atoms with van der Waals surface area (Å²) in [7, 11) is -3.76. The van der Waals surface area contributed by atoms with Crippen LogP contribution < -0.4 is 16.0 Å². The molecule has 0 atom stereocenters. The maximum Gasteiger partial charge on any atom is 0.265 e. The van der Waals surface area contributed by atoms with Gasteiger partial charge in [0.1, 0.15) is 4.90 Å². The average molecular weight is 292 g/mol. The summed E-state index contributed by atoms with van der Waals surface area (Å²) in [5.74, 6) is 5.40. The number of benzene rings is 1. The first-order valence-corrected chi connectivity index (χ1v) is 7.44. The number of nitrogens with zero attached hydrogens (tertiary/aromatic N) is 1. The first kappa shape index (κ1) is 14.3. The topological polar surface area (TPSA) is 97.1 Å². The molecule has 0 amide bonds. The quantitative estimate of drug-likeness (QED) is 0.589. The summed E-state index contributed by atoms with van der Waals surface area (Å²) in [5.41, 5.74) is 4.55. The number of hydrogen-bond donors (Lipinski definition) is 3. The maximum atomic E-state index is 12.4. The van der Waals surface area contributed by atoms with Crippen molar-refractivity contribution >= 4 is 21.5 Å². The Labute approximate surface area is 118 Å². The highest BCUT2D eigenvalue weighted by molar-refractivity contribution is 7.92. The van der Waals surface area contributed by atoms with Gasteiger partial charge >= 0.3 is 0 Å². The normalized spacial score (nSPS) is 11.2. The molecule has 0 aliphatic heterocycles. The van der Waals surface area contributed by atoms with E-state index in [1.165, 1.54) is 12.3 Å². The minimum absolute atomic E-state index is 0.00477. The van der Waals surface area contributed by atoms with Gasteiger partial charge in [0, 0.05) is 6.20 Å². The number of anilines is 2. The summed E-state index contributed by atoms with van der Waals surface area (Å²) in [4.78, 5) is 3.90. The molecule has 1 aromatic heterocycles. The summed E-state index contributed by atoms with van der Waals surface area (Å²) in [5, 5.41) is 0. The smallest absolute Gasteiger partial charge is 0.265 e. The number of aromatic nitrogens is 1. The number of rotatable bonds is 4. The van der Waals surface area contributed by atoms with Crippen LogP contribution in [0.3, 0.4) is 0 Å². The molecule has 0 aliphatic rings. The Morgan fingerprint density at radius 1 is 1.10 bits per heavy atom. The lowest BCUT2D eigenvalue weighted by molar-refractivity contribution is 0.601. The van der Waals surface area contributed by atoms with E-state index in [4.69, 9.17) is 5.84 Å². The minimum Gasteiger partial charge on any atom is -0.307 e. The molecular weight excluding hydrogens is 276 g/mol. The molecule has 0 radical (unpaired) electrons. The van der Waals surface area contributed by atoms with Crippen LogP contribution in [-0.2, 0) is 10.0 Å². The van der Waals surface area contributed by atoms with Crippen LogP contribution in [0.15, 0.2) is 41.4 Å². The van der Waals surface area contributed by atoms with Crippen molar-refractivity contribution in [1.29, 1.82) is 0 Å². The van der Waals surface area contributed by atoms with E-state index in [2.05, 4.69) is 15.1 Å². The molecule has 1 aromatic carbocycles. The summed E-state index contributed by atoms with van der Waals surface area (Å²) in [6.07, 6.45) is 1.47. The molecule has 0 aliphatic carbocycles. The number of hydrogen-bond acceptors (Lipinski definition) is 5. The van der Waals surface area contributed by atoms with Gasteiger partial charge in [0.25, 0.3) is 10.0 Å². The highest BCUT2D eigenvalue weighted by Crippen LogP contribution is 2.25. The molecule has 0 bridgehead atoms. The van der Waals surface area contributed by atoms with Gasteiger partial charge < -0.3 is 5.43 Å². The zero-order chi connectivity index (χ0) is 14.8. The van der Waals surface area contributed by atoms with Crippen LogP contribution in [0.25, 0.3) is 0 Å². The highest BCUT2D eigenvalue weighted by atomic mass is 32.2. The van der Waals surface area contributed by atoms with Crippen molar-refractivity contribution in [2.75, 3.05) is 10.1 Å². The number of nitrogen functional groups attached to an aromatic ring is 1. The monoisotopic (exact) mass is 292 g/mol. The molecule has 0 spiro atoms. The molecule has 0 fully saturated rings. The maximum absolute atomic E-state index is 12.4. The Bertz CT molecular complexity index is 709. The Morgan fingerprint density at radius 3 is 2.35 bits per heavy atom. The third-order valence-electron chi connectivity index (χ3n) is 2.91. The van der Waals surface area contributed by atoms with Crippen molar-refractivity contribution in [3.63, 3.8) is 0 Å². The van der Waals surface area contributed by atoms with Crippen LogP contribution >= 0.6 is 0 Å².